The lowest BCUT2D eigenvalue weighted by atomic mass is 10.00. The first-order chi connectivity index (χ1) is 9.26. The molecule has 0 saturated carbocycles. The molecule has 0 bridgehead atoms. The standard InChI is InChI=1S/C17H32O2/c1-4-6-7-8-9-10-11-12-13-14-15-16(5-2)17(18)19-3/h5,16H,2,4,6-15H2,1,3H3. The molecule has 19 heavy (non-hydrogen) atoms. The first-order valence-corrected chi connectivity index (χ1v) is 7.96. The number of hydrogen-bond donors (Lipinski definition) is 0. The number of ether oxygens (including phenoxy) is 1. The molecule has 0 aliphatic heterocycles. The number of rotatable bonds is 13. The molecule has 1 unspecified atom stereocenters. The van der Waals surface area contributed by atoms with E-state index in [9.17, 15) is 4.79 Å². The van der Waals surface area contributed by atoms with Gasteiger partial charge in [0.25, 0.3) is 0 Å². The lowest BCUT2D eigenvalue weighted by Crippen LogP contribution is -2.13. The van der Waals surface area contributed by atoms with Crippen molar-refractivity contribution in [1.29, 1.82) is 0 Å². The van der Waals surface area contributed by atoms with Crippen molar-refractivity contribution < 1.29 is 9.53 Å². The van der Waals surface area contributed by atoms with E-state index >= 15 is 0 Å². The number of methoxy groups -OCH3 is 1. The van der Waals surface area contributed by atoms with Crippen LogP contribution in [-0.4, -0.2) is 13.1 Å². The van der Waals surface area contributed by atoms with Crippen LogP contribution in [0.15, 0.2) is 12.7 Å². The van der Waals surface area contributed by atoms with Gasteiger partial charge in [0.2, 0.25) is 0 Å². The molecule has 0 aromatic rings. The molecule has 2 heteroatoms. The summed E-state index contributed by atoms with van der Waals surface area (Å²) >= 11 is 0. The van der Waals surface area contributed by atoms with Gasteiger partial charge in [0, 0.05) is 0 Å². The summed E-state index contributed by atoms with van der Waals surface area (Å²) in [5.41, 5.74) is 0. The number of unbranched alkanes of at least 4 members (excludes halogenated alkanes) is 9. The summed E-state index contributed by atoms with van der Waals surface area (Å²) in [6, 6.07) is 0. The first-order valence-electron chi connectivity index (χ1n) is 7.96. The van der Waals surface area contributed by atoms with Crippen LogP contribution in [0.4, 0.5) is 0 Å². The van der Waals surface area contributed by atoms with Crippen molar-refractivity contribution in [3.05, 3.63) is 12.7 Å². The van der Waals surface area contributed by atoms with Crippen LogP contribution in [0.5, 0.6) is 0 Å². The maximum absolute atomic E-state index is 11.3. The molecule has 0 fully saturated rings. The Bertz CT molecular complexity index is 223. The van der Waals surface area contributed by atoms with E-state index in [2.05, 4.69) is 13.5 Å². The van der Waals surface area contributed by atoms with Crippen molar-refractivity contribution in [2.24, 2.45) is 5.92 Å². The third-order valence-corrected chi connectivity index (χ3v) is 3.66. The number of hydrogen-bond acceptors (Lipinski definition) is 2. The second-order valence-electron chi connectivity index (χ2n) is 5.34. The predicted molar refractivity (Wildman–Crippen MR) is 82.2 cm³/mol. The quantitative estimate of drug-likeness (QED) is 0.258. The average Bonchev–Trinajstić information content (AvgIpc) is 2.44. The van der Waals surface area contributed by atoms with E-state index in [0.29, 0.717) is 0 Å². The van der Waals surface area contributed by atoms with Crippen molar-refractivity contribution in [2.45, 2.75) is 77.6 Å². The highest BCUT2D eigenvalue weighted by atomic mass is 16.5. The number of esters is 1. The molecule has 1 atom stereocenters. The van der Waals surface area contributed by atoms with Crippen LogP contribution in [0, 0.1) is 5.92 Å². The molecule has 0 heterocycles. The molecule has 0 aromatic carbocycles. The van der Waals surface area contributed by atoms with Gasteiger partial charge in [-0.25, -0.2) is 0 Å². The van der Waals surface area contributed by atoms with Crippen molar-refractivity contribution in [3.8, 4) is 0 Å². The van der Waals surface area contributed by atoms with Crippen molar-refractivity contribution in [3.63, 3.8) is 0 Å². The number of carbonyl (C=O) groups is 1. The van der Waals surface area contributed by atoms with Crippen molar-refractivity contribution in [1.82, 2.24) is 0 Å². The van der Waals surface area contributed by atoms with Gasteiger partial charge in [-0.15, -0.1) is 6.58 Å². The van der Waals surface area contributed by atoms with Crippen molar-refractivity contribution >= 4 is 5.97 Å². The fraction of sp³-hybridized carbons (Fsp3) is 0.824. The van der Waals surface area contributed by atoms with Crippen LogP contribution in [0.25, 0.3) is 0 Å². The smallest absolute Gasteiger partial charge is 0.312 e. The average molecular weight is 268 g/mol. The second-order valence-corrected chi connectivity index (χ2v) is 5.34. The van der Waals surface area contributed by atoms with E-state index in [1.165, 1.54) is 64.9 Å². The lowest BCUT2D eigenvalue weighted by molar-refractivity contribution is -0.143. The fourth-order valence-electron chi connectivity index (χ4n) is 2.33. The zero-order valence-electron chi connectivity index (χ0n) is 13.0. The Morgan fingerprint density at radius 1 is 1.00 bits per heavy atom. The summed E-state index contributed by atoms with van der Waals surface area (Å²) in [4.78, 5) is 11.3. The predicted octanol–water partition coefficient (Wildman–Crippen LogP) is 5.27. The molecule has 0 spiro atoms. The molecule has 0 N–H and O–H groups in total. The van der Waals surface area contributed by atoms with E-state index < -0.39 is 0 Å². The maximum Gasteiger partial charge on any atom is 0.312 e. The normalized spacial score (nSPS) is 12.1. The Morgan fingerprint density at radius 3 is 1.89 bits per heavy atom. The Hall–Kier alpha value is -0.790. The van der Waals surface area contributed by atoms with Crippen LogP contribution in [0.1, 0.15) is 77.6 Å². The Labute approximate surface area is 119 Å². The van der Waals surface area contributed by atoms with Gasteiger partial charge >= 0.3 is 5.97 Å². The minimum Gasteiger partial charge on any atom is -0.469 e. The van der Waals surface area contributed by atoms with Crippen LogP contribution < -0.4 is 0 Å². The molecule has 2 nitrogen and oxygen atoms in total. The van der Waals surface area contributed by atoms with E-state index in [4.69, 9.17) is 4.74 Å². The third kappa shape index (κ3) is 10.8. The highest BCUT2D eigenvalue weighted by Crippen LogP contribution is 2.15. The zero-order valence-corrected chi connectivity index (χ0v) is 13.0. The van der Waals surface area contributed by atoms with Crippen molar-refractivity contribution in [2.75, 3.05) is 7.11 Å². The largest absolute Gasteiger partial charge is 0.469 e. The topological polar surface area (TPSA) is 26.3 Å². The minimum absolute atomic E-state index is 0.112. The molecule has 0 aromatic heterocycles. The molecular formula is C17H32O2. The minimum atomic E-state index is -0.147. The van der Waals surface area contributed by atoms with E-state index in [0.717, 1.165) is 12.8 Å². The molecule has 0 aliphatic rings. The summed E-state index contributed by atoms with van der Waals surface area (Å²) in [7, 11) is 1.44. The maximum atomic E-state index is 11.3. The van der Waals surface area contributed by atoms with Crippen LogP contribution in [0.2, 0.25) is 0 Å². The van der Waals surface area contributed by atoms with Gasteiger partial charge in [-0.05, 0) is 6.42 Å². The summed E-state index contributed by atoms with van der Waals surface area (Å²) < 4.78 is 4.74. The Morgan fingerprint density at radius 2 is 1.47 bits per heavy atom. The summed E-state index contributed by atoms with van der Waals surface area (Å²) in [5, 5.41) is 0. The van der Waals surface area contributed by atoms with Gasteiger partial charge in [-0.3, -0.25) is 4.79 Å². The van der Waals surface area contributed by atoms with E-state index in [1.54, 1.807) is 6.08 Å². The Balaban J connectivity index is 3.30. The number of carbonyl (C=O) groups excluding carboxylic acids is 1. The molecule has 0 radical (unpaired) electrons. The summed E-state index contributed by atoms with van der Waals surface area (Å²) in [6.07, 6.45) is 15.8. The SMILES string of the molecule is C=CC(CCCCCCCCCCCC)C(=O)OC. The molecule has 0 aliphatic carbocycles. The Kier molecular flexibility index (Phi) is 13.1. The van der Waals surface area contributed by atoms with Gasteiger partial charge in [0.15, 0.2) is 0 Å². The highest BCUT2D eigenvalue weighted by Gasteiger charge is 2.13. The molecule has 112 valence electrons. The van der Waals surface area contributed by atoms with E-state index in [1.807, 2.05) is 0 Å². The van der Waals surface area contributed by atoms with Gasteiger partial charge in [0.1, 0.15) is 0 Å². The second kappa shape index (κ2) is 13.6. The highest BCUT2D eigenvalue weighted by molar-refractivity contribution is 5.74. The fourth-order valence-corrected chi connectivity index (χ4v) is 2.33. The summed E-state index contributed by atoms with van der Waals surface area (Å²) in [6.45, 7) is 5.95. The van der Waals surface area contributed by atoms with Crippen LogP contribution in [-0.2, 0) is 9.53 Å². The molecular weight excluding hydrogens is 236 g/mol. The summed E-state index contributed by atoms with van der Waals surface area (Å²) in [5.74, 6) is -0.259. The lowest BCUT2D eigenvalue weighted by Gasteiger charge is -2.09. The monoisotopic (exact) mass is 268 g/mol. The molecule has 0 amide bonds. The molecule has 0 rings (SSSR count). The van der Waals surface area contributed by atoms with Gasteiger partial charge in [-0.1, -0.05) is 77.2 Å². The van der Waals surface area contributed by atoms with E-state index in [-0.39, 0.29) is 11.9 Å². The molecule has 0 saturated heterocycles. The zero-order chi connectivity index (χ0) is 14.3. The van der Waals surface area contributed by atoms with Gasteiger partial charge in [-0.2, -0.15) is 0 Å². The van der Waals surface area contributed by atoms with Crippen LogP contribution >= 0.6 is 0 Å². The third-order valence-electron chi connectivity index (χ3n) is 3.66. The first kappa shape index (κ1) is 18.2. The van der Waals surface area contributed by atoms with Gasteiger partial charge in [0.05, 0.1) is 13.0 Å². The van der Waals surface area contributed by atoms with Gasteiger partial charge < -0.3 is 4.74 Å². The van der Waals surface area contributed by atoms with Crippen LogP contribution in [0.3, 0.4) is 0 Å².